The molecule has 3 heteroatoms. The van der Waals surface area contributed by atoms with Crippen LogP contribution in [-0.4, -0.2) is 11.1 Å². The molecular weight excluding hydrogens is 351 g/mol. The van der Waals surface area contributed by atoms with E-state index in [9.17, 15) is 9.90 Å². The number of hydrogen-bond donors (Lipinski definition) is 1. The van der Waals surface area contributed by atoms with E-state index in [-0.39, 0.29) is 5.92 Å². The van der Waals surface area contributed by atoms with Gasteiger partial charge < -0.3 is 5.11 Å². The van der Waals surface area contributed by atoms with Gasteiger partial charge in [-0.05, 0) is 77.3 Å². The molecule has 0 spiro atoms. The van der Waals surface area contributed by atoms with Gasteiger partial charge >= 0.3 is 5.97 Å². The lowest BCUT2D eigenvalue weighted by molar-refractivity contribution is -0.150. The smallest absolute Gasteiger partial charge is 0.306 e. The molecule has 1 aromatic carbocycles. The van der Waals surface area contributed by atoms with Gasteiger partial charge in [0.15, 0.2) is 0 Å². The maximum absolute atomic E-state index is 11.2. The lowest BCUT2D eigenvalue weighted by atomic mass is 9.55. The van der Waals surface area contributed by atoms with Gasteiger partial charge in [0.1, 0.15) is 0 Å². The molecule has 19 heavy (non-hydrogen) atoms. The van der Waals surface area contributed by atoms with Gasteiger partial charge in [0, 0.05) is 3.57 Å². The van der Waals surface area contributed by atoms with E-state index in [0.717, 1.165) is 25.2 Å². The molecular formula is C16H17IO2. The molecule has 3 aliphatic carbocycles. The first kappa shape index (κ1) is 13.2. The van der Waals surface area contributed by atoms with Gasteiger partial charge in [0.2, 0.25) is 0 Å². The Balaban J connectivity index is 1.69. The van der Waals surface area contributed by atoms with Gasteiger partial charge in [-0.3, -0.25) is 4.79 Å². The Morgan fingerprint density at radius 2 is 1.84 bits per heavy atom. The molecule has 0 aromatic heterocycles. The molecule has 0 amide bonds. The van der Waals surface area contributed by atoms with E-state index >= 15 is 0 Å². The van der Waals surface area contributed by atoms with Crippen LogP contribution in [0.4, 0.5) is 0 Å². The van der Waals surface area contributed by atoms with Crippen molar-refractivity contribution in [2.45, 2.75) is 19.3 Å². The Kier molecular flexibility index (Phi) is 3.65. The van der Waals surface area contributed by atoms with Gasteiger partial charge in [-0.1, -0.05) is 24.3 Å². The third-order valence-corrected chi connectivity index (χ3v) is 5.35. The van der Waals surface area contributed by atoms with E-state index in [1.54, 1.807) is 0 Å². The minimum atomic E-state index is -0.601. The predicted octanol–water partition coefficient (Wildman–Crippen LogP) is 4.05. The second-order valence-electron chi connectivity index (χ2n) is 5.75. The lowest BCUT2D eigenvalue weighted by Crippen LogP contribution is -2.44. The highest BCUT2D eigenvalue weighted by Gasteiger charge is 2.47. The van der Waals surface area contributed by atoms with E-state index in [1.165, 1.54) is 9.13 Å². The summed E-state index contributed by atoms with van der Waals surface area (Å²) in [4.78, 5) is 11.2. The molecule has 4 rings (SSSR count). The summed E-state index contributed by atoms with van der Waals surface area (Å²) in [5.41, 5.74) is 1.20. The second-order valence-corrected chi connectivity index (χ2v) is 6.99. The highest BCUT2D eigenvalue weighted by atomic mass is 127. The summed E-state index contributed by atoms with van der Waals surface area (Å²) in [6.45, 7) is 0. The first-order chi connectivity index (χ1) is 9.13. The molecule has 3 aliphatic rings. The Morgan fingerprint density at radius 1 is 1.16 bits per heavy atom. The molecule has 0 heterocycles. The molecule has 100 valence electrons. The topological polar surface area (TPSA) is 37.3 Å². The summed E-state index contributed by atoms with van der Waals surface area (Å²) < 4.78 is 1.24. The summed E-state index contributed by atoms with van der Waals surface area (Å²) in [7, 11) is 0. The SMILES string of the molecule is O=C(O)C1CC(/C=C/c2ccc(I)cc2)C2CC1C2. The number of carboxylic acids is 1. The number of halogens is 1. The minimum absolute atomic E-state index is 0.114. The second kappa shape index (κ2) is 5.27. The van der Waals surface area contributed by atoms with Crippen molar-refractivity contribution in [3.8, 4) is 0 Å². The highest BCUT2D eigenvalue weighted by Crippen LogP contribution is 2.52. The van der Waals surface area contributed by atoms with Crippen LogP contribution in [0.25, 0.3) is 6.08 Å². The summed E-state index contributed by atoms with van der Waals surface area (Å²) in [6, 6.07) is 8.42. The highest BCUT2D eigenvalue weighted by molar-refractivity contribution is 14.1. The van der Waals surface area contributed by atoms with Crippen LogP contribution in [-0.2, 0) is 4.79 Å². The van der Waals surface area contributed by atoms with Gasteiger partial charge in [-0.2, -0.15) is 0 Å². The Hall–Kier alpha value is -0.840. The van der Waals surface area contributed by atoms with Crippen molar-refractivity contribution in [2.75, 3.05) is 0 Å². The molecule has 1 aromatic rings. The zero-order valence-electron chi connectivity index (χ0n) is 10.6. The predicted molar refractivity (Wildman–Crippen MR) is 83.6 cm³/mol. The van der Waals surface area contributed by atoms with Crippen LogP contribution in [0.3, 0.4) is 0 Å². The van der Waals surface area contributed by atoms with Crippen LogP contribution in [0, 0.1) is 27.2 Å². The number of carbonyl (C=O) groups is 1. The van der Waals surface area contributed by atoms with Crippen LogP contribution in [0.5, 0.6) is 0 Å². The van der Waals surface area contributed by atoms with E-state index < -0.39 is 5.97 Å². The van der Waals surface area contributed by atoms with Crippen molar-refractivity contribution in [1.82, 2.24) is 0 Å². The van der Waals surface area contributed by atoms with E-state index in [2.05, 4.69) is 59.0 Å². The van der Waals surface area contributed by atoms with Gasteiger partial charge in [-0.15, -0.1) is 0 Å². The number of benzene rings is 1. The quantitative estimate of drug-likeness (QED) is 0.818. The number of hydrogen-bond acceptors (Lipinski definition) is 1. The Morgan fingerprint density at radius 3 is 2.47 bits per heavy atom. The van der Waals surface area contributed by atoms with Gasteiger partial charge in [0.05, 0.1) is 5.92 Å². The van der Waals surface area contributed by atoms with Crippen molar-refractivity contribution >= 4 is 34.6 Å². The monoisotopic (exact) mass is 368 g/mol. The van der Waals surface area contributed by atoms with Gasteiger partial charge in [-0.25, -0.2) is 0 Å². The van der Waals surface area contributed by atoms with E-state index in [1.807, 2.05) is 0 Å². The summed E-state index contributed by atoms with van der Waals surface area (Å²) in [5, 5.41) is 9.24. The first-order valence-corrected chi connectivity index (χ1v) is 7.88. The van der Waals surface area contributed by atoms with Crippen LogP contribution in [0.15, 0.2) is 30.3 Å². The van der Waals surface area contributed by atoms with Crippen molar-refractivity contribution in [2.24, 2.45) is 23.7 Å². The first-order valence-electron chi connectivity index (χ1n) is 6.80. The summed E-state index contributed by atoms with van der Waals surface area (Å²) in [6.07, 6.45) is 7.43. The summed E-state index contributed by atoms with van der Waals surface area (Å²) in [5.74, 6) is 0.906. The largest absolute Gasteiger partial charge is 0.481 e. The van der Waals surface area contributed by atoms with Crippen molar-refractivity contribution in [3.05, 3.63) is 39.5 Å². The Labute approximate surface area is 127 Å². The zero-order chi connectivity index (χ0) is 13.4. The fraction of sp³-hybridized carbons (Fsp3) is 0.438. The lowest BCUT2D eigenvalue weighted by Gasteiger charge is -2.49. The number of carboxylic acid groups (broad SMARTS) is 1. The maximum atomic E-state index is 11.2. The fourth-order valence-corrected chi connectivity index (χ4v) is 3.77. The van der Waals surface area contributed by atoms with Crippen molar-refractivity contribution < 1.29 is 9.90 Å². The van der Waals surface area contributed by atoms with Gasteiger partial charge in [0.25, 0.3) is 0 Å². The third kappa shape index (κ3) is 2.71. The molecule has 2 unspecified atom stereocenters. The average molecular weight is 368 g/mol. The molecule has 2 nitrogen and oxygen atoms in total. The average Bonchev–Trinajstić information content (AvgIpc) is 2.36. The molecule has 0 aliphatic heterocycles. The Bertz CT molecular complexity index is 500. The molecule has 0 radical (unpaired) electrons. The normalized spacial score (nSPS) is 33.1. The minimum Gasteiger partial charge on any atom is -0.481 e. The van der Waals surface area contributed by atoms with E-state index in [0.29, 0.717) is 11.8 Å². The number of fused-ring (bicyclic) bond motifs is 2. The molecule has 2 bridgehead atoms. The van der Waals surface area contributed by atoms with E-state index in [4.69, 9.17) is 0 Å². The van der Waals surface area contributed by atoms with Crippen molar-refractivity contribution in [1.29, 1.82) is 0 Å². The number of aliphatic carboxylic acids is 1. The van der Waals surface area contributed by atoms with Crippen LogP contribution >= 0.6 is 22.6 Å². The standard InChI is InChI=1S/C16H17IO2/c17-14-5-2-10(3-6-14)1-4-11-9-15(16(18)19)13-7-12(11)8-13/h1-6,11-13,15H,7-9H2,(H,18,19)/b4-1+. The molecule has 3 saturated carbocycles. The van der Waals surface area contributed by atoms with Crippen LogP contribution in [0.2, 0.25) is 0 Å². The van der Waals surface area contributed by atoms with Crippen LogP contribution < -0.4 is 0 Å². The number of allylic oxidation sites excluding steroid dienone is 1. The molecule has 2 atom stereocenters. The summed E-state index contributed by atoms with van der Waals surface area (Å²) >= 11 is 2.30. The third-order valence-electron chi connectivity index (χ3n) is 4.63. The fourth-order valence-electron chi connectivity index (χ4n) is 3.41. The maximum Gasteiger partial charge on any atom is 0.306 e. The zero-order valence-corrected chi connectivity index (χ0v) is 12.8. The number of rotatable bonds is 3. The molecule has 1 N–H and O–H groups in total. The van der Waals surface area contributed by atoms with Crippen LogP contribution in [0.1, 0.15) is 24.8 Å². The molecule has 3 fully saturated rings. The van der Waals surface area contributed by atoms with Crippen molar-refractivity contribution in [3.63, 3.8) is 0 Å². The molecule has 0 saturated heterocycles.